The average Bonchev–Trinajstić information content (AvgIpc) is 2.37. The predicted molar refractivity (Wildman–Crippen MR) is 82.2 cm³/mol. The van der Waals surface area contributed by atoms with Crippen LogP contribution < -0.4 is 0 Å². The second-order valence-corrected chi connectivity index (χ2v) is 6.31. The molecule has 0 aliphatic carbocycles. The summed E-state index contributed by atoms with van der Waals surface area (Å²) in [6.45, 7) is 13.1. The summed E-state index contributed by atoms with van der Waals surface area (Å²) in [5.74, 6) is -0.634. The fourth-order valence-electron chi connectivity index (χ4n) is 2.91. The van der Waals surface area contributed by atoms with Gasteiger partial charge in [-0.1, -0.05) is 0 Å². The van der Waals surface area contributed by atoms with E-state index in [1.165, 1.54) is 0 Å². The predicted octanol–water partition coefficient (Wildman–Crippen LogP) is 0.723. The third kappa shape index (κ3) is 4.97. The Morgan fingerprint density at radius 2 is 1.48 bits per heavy atom. The summed E-state index contributed by atoms with van der Waals surface area (Å²) in [5, 5.41) is 9.02. The Labute approximate surface area is 127 Å². The van der Waals surface area contributed by atoms with E-state index >= 15 is 0 Å². The number of hydrogen-bond donors (Lipinski definition) is 1. The Bertz CT molecular complexity index is 355. The zero-order chi connectivity index (χ0) is 16.2. The molecule has 0 aromatic heterocycles. The maximum atomic E-state index is 12.4. The lowest BCUT2D eigenvalue weighted by Gasteiger charge is -2.38. The summed E-state index contributed by atoms with van der Waals surface area (Å²) in [6.07, 6.45) is 0. The first-order valence-corrected chi connectivity index (χ1v) is 7.74. The molecule has 1 aliphatic rings. The number of rotatable bonds is 6. The molecular formula is C15H29N3O3. The van der Waals surface area contributed by atoms with Crippen molar-refractivity contribution in [3.8, 4) is 0 Å². The van der Waals surface area contributed by atoms with Crippen molar-refractivity contribution in [3.05, 3.63) is 0 Å². The van der Waals surface area contributed by atoms with Gasteiger partial charge in [-0.2, -0.15) is 0 Å². The molecule has 0 saturated carbocycles. The van der Waals surface area contributed by atoms with E-state index in [1.807, 2.05) is 37.5 Å². The molecule has 1 N–H and O–H groups in total. The molecule has 0 aromatic carbocycles. The third-order valence-electron chi connectivity index (χ3n) is 4.07. The second-order valence-electron chi connectivity index (χ2n) is 6.31. The first-order chi connectivity index (χ1) is 9.73. The van der Waals surface area contributed by atoms with Crippen LogP contribution >= 0.6 is 0 Å². The number of carboxylic acid groups (broad SMARTS) is 1. The van der Waals surface area contributed by atoms with Gasteiger partial charge in [0.25, 0.3) is 0 Å². The lowest BCUT2D eigenvalue weighted by Crippen LogP contribution is -2.54. The fourth-order valence-corrected chi connectivity index (χ4v) is 2.91. The molecule has 1 aliphatic heterocycles. The van der Waals surface area contributed by atoms with Gasteiger partial charge in [-0.05, 0) is 34.6 Å². The highest BCUT2D eigenvalue weighted by atomic mass is 16.4. The molecule has 0 aromatic rings. The second kappa shape index (κ2) is 7.75. The van der Waals surface area contributed by atoms with Gasteiger partial charge in [0.2, 0.25) is 5.91 Å². The summed E-state index contributed by atoms with van der Waals surface area (Å²) < 4.78 is 0. The Kier molecular flexibility index (Phi) is 6.61. The van der Waals surface area contributed by atoms with Crippen LogP contribution in [-0.4, -0.2) is 82.5 Å². The van der Waals surface area contributed by atoms with Crippen molar-refractivity contribution in [1.82, 2.24) is 14.7 Å². The van der Waals surface area contributed by atoms with Crippen molar-refractivity contribution in [1.29, 1.82) is 0 Å². The molecule has 1 amide bonds. The molecule has 1 saturated heterocycles. The molecule has 122 valence electrons. The molecule has 1 heterocycles. The van der Waals surface area contributed by atoms with Gasteiger partial charge in [-0.15, -0.1) is 0 Å². The van der Waals surface area contributed by atoms with E-state index < -0.39 is 12.0 Å². The minimum Gasteiger partial charge on any atom is -0.480 e. The molecule has 1 fully saturated rings. The SMILES string of the molecule is CC(C(=O)O)N1CCN(CC(=O)N(C(C)C)C(C)C)CC1. The molecular weight excluding hydrogens is 270 g/mol. The van der Waals surface area contributed by atoms with E-state index in [4.69, 9.17) is 5.11 Å². The van der Waals surface area contributed by atoms with Gasteiger partial charge in [0.1, 0.15) is 6.04 Å². The molecule has 6 nitrogen and oxygen atoms in total. The minimum absolute atomic E-state index is 0.153. The van der Waals surface area contributed by atoms with Gasteiger partial charge in [0.15, 0.2) is 0 Å². The summed E-state index contributed by atoms with van der Waals surface area (Å²) >= 11 is 0. The zero-order valence-electron chi connectivity index (χ0n) is 13.9. The van der Waals surface area contributed by atoms with Crippen molar-refractivity contribution in [3.63, 3.8) is 0 Å². The van der Waals surface area contributed by atoms with E-state index in [-0.39, 0.29) is 18.0 Å². The molecule has 6 heteroatoms. The van der Waals surface area contributed by atoms with Crippen LogP contribution in [0.5, 0.6) is 0 Å². The molecule has 21 heavy (non-hydrogen) atoms. The van der Waals surface area contributed by atoms with Crippen molar-refractivity contribution >= 4 is 11.9 Å². The largest absolute Gasteiger partial charge is 0.480 e. The minimum atomic E-state index is -0.787. The normalized spacial score (nSPS) is 19.0. The maximum Gasteiger partial charge on any atom is 0.320 e. The number of carbonyl (C=O) groups excluding carboxylic acids is 1. The van der Waals surface area contributed by atoms with Gasteiger partial charge in [-0.25, -0.2) is 0 Å². The standard InChI is InChI=1S/C15H29N3O3/c1-11(2)18(12(3)4)14(19)10-16-6-8-17(9-7-16)13(5)15(20)21/h11-13H,6-10H2,1-5H3,(H,20,21). The lowest BCUT2D eigenvalue weighted by atomic mass is 10.2. The molecule has 1 rings (SSSR count). The Morgan fingerprint density at radius 1 is 1.00 bits per heavy atom. The van der Waals surface area contributed by atoms with Crippen LogP contribution in [-0.2, 0) is 9.59 Å². The van der Waals surface area contributed by atoms with Crippen LogP contribution in [0.15, 0.2) is 0 Å². The number of nitrogens with zero attached hydrogens (tertiary/aromatic N) is 3. The van der Waals surface area contributed by atoms with Gasteiger partial charge >= 0.3 is 5.97 Å². The summed E-state index contributed by atoms with van der Waals surface area (Å²) in [7, 11) is 0. The lowest BCUT2D eigenvalue weighted by molar-refractivity contribution is -0.144. The number of aliphatic carboxylic acids is 1. The van der Waals surface area contributed by atoms with Gasteiger partial charge in [-0.3, -0.25) is 19.4 Å². The highest BCUT2D eigenvalue weighted by Gasteiger charge is 2.27. The number of piperazine rings is 1. The maximum absolute atomic E-state index is 12.4. The van der Waals surface area contributed by atoms with E-state index in [0.717, 1.165) is 13.1 Å². The van der Waals surface area contributed by atoms with Gasteiger partial charge in [0.05, 0.1) is 6.54 Å². The highest BCUT2D eigenvalue weighted by molar-refractivity contribution is 5.79. The van der Waals surface area contributed by atoms with Crippen molar-refractivity contribution in [2.24, 2.45) is 0 Å². The van der Waals surface area contributed by atoms with E-state index in [0.29, 0.717) is 19.6 Å². The Balaban J connectivity index is 2.48. The average molecular weight is 299 g/mol. The van der Waals surface area contributed by atoms with Crippen molar-refractivity contribution < 1.29 is 14.7 Å². The Hall–Kier alpha value is -1.14. The highest BCUT2D eigenvalue weighted by Crippen LogP contribution is 2.10. The van der Waals surface area contributed by atoms with Crippen LogP contribution in [0.1, 0.15) is 34.6 Å². The first-order valence-electron chi connectivity index (χ1n) is 7.74. The van der Waals surface area contributed by atoms with Crippen LogP contribution in [0, 0.1) is 0 Å². The molecule has 0 bridgehead atoms. The number of hydrogen-bond acceptors (Lipinski definition) is 4. The number of carbonyl (C=O) groups is 2. The molecule has 0 radical (unpaired) electrons. The van der Waals surface area contributed by atoms with Crippen molar-refractivity contribution in [2.75, 3.05) is 32.7 Å². The van der Waals surface area contributed by atoms with Gasteiger partial charge in [0, 0.05) is 38.3 Å². The third-order valence-corrected chi connectivity index (χ3v) is 4.07. The zero-order valence-corrected chi connectivity index (χ0v) is 13.9. The van der Waals surface area contributed by atoms with E-state index in [2.05, 4.69) is 4.90 Å². The van der Waals surface area contributed by atoms with Crippen molar-refractivity contribution in [2.45, 2.75) is 52.7 Å². The molecule has 0 spiro atoms. The fraction of sp³-hybridized carbons (Fsp3) is 0.867. The van der Waals surface area contributed by atoms with E-state index in [1.54, 1.807) is 6.92 Å². The Morgan fingerprint density at radius 3 is 1.86 bits per heavy atom. The first kappa shape index (κ1) is 17.9. The van der Waals surface area contributed by atoms with E-state index in [9.17, 15) is 9.59 Å². The quantitative estimate of drug-likeness (QED) is 0.783. The summed E-state index contributed by atoms with van der Waals surface area (Å²) in [6, 6.07) is -0.0534. The number of carboxylic acids is 1. The van der Waals surface area contributed by atoms with Crippen LogP contribution in [0.3, 0.4) is 0 Å². The molecule has 1 unspecified atom stereocenters. The monoisotopic (exact) mass is 299 g/mol. The topological polar surface area (TPSA) is 64.1 Å². The summed E-state index contributed by atoms with van der Waals surface area (Å²) in [4.78, 5) is 29.4. The van der Waals surface area contributed by atoms with Gasteiger partial charge < -0.3 is 10.0 Å². The van der Waals surface area contributed by atoms with Crippen LogP contribution in [0.25, 0.3) is 0 Å². The van der Waals surface area contributed by atoms with Crippen LogP contribution in [0.4, 0.5) is 0 Å². The smallest absolute Gasteiger partial charge is 0.320 e. The number of amides is 1. The summed E-state index contributed by atoms with van der Waals surface area (Å²) in [5.41, 5.74) is 0. The molecule has 1 atom stereocenters. The van der Waals surface area contributed by atoms with Crippen LogP contribution in [0.2, 0.25) is 0 Å².